The van der Waals surface area contributed by atoms with Crippen LogP contribution >= 0.6 is 0 Å². The molecule has 0 radical (unpaired) electrons. The number of hydrogen-bond donors (Lipinski definition) is 1. The fraction of sp³-hybridized carbons (Fsp3) is 0.438. The smallest absolute Gasteiger partial charge is 0.269 e. The molecule has 2 rings (SSSR count). The van der Waals surface area contributed by atoms with Gasteiger partial charge in [-0.3, -0.25) is 14.5 Å². The maximum atomic E-state index is 12.4. The number of aryl methyl sites for hydroxylation is 2. The standard InChI is InChI=1S/C16H22N4O/c1-5-20-15(8-14(19-20)11(2)3)16(21)18-10-13-6-7-17-9-12(13)4/h6-9,11H,5,10H2,1-4H3,(H,18,21). The van der Waals surface area contributed by atoms with Crippen LogP contribution in [0.25, 0.3) is 0 Å². The lowest BCUT2D eigenvalue weighted by molar-refractivity contribution is 0.0940. The Labute approximate surface area is 125 Å². The molecule has 0 saturated heterocycles. The molecule has 0 spiro atoms. The minimum atomic E-state index is -0.0903. The van der Waals surface area contributed by atoms with Crippen molar-refractivity contribution in [2.24, 2.45) is 0 Å². The van der Waals surface area contributed by atoms with Gasteiger partial charge >= 0.3 is 0 Å². The third-order valence-electron chi connectivity index (χ3n) is 3.50. The highest BCUT2D eigenvalue weighted by Crippen LogP contribution is 2.15. The number of rotatable bonds is 5. The van der Waals surface area contributed by atoms with Crippen LogP contribution in [0.5, 0.6) is 0 Å². The lowest BCUT2D eigenvalue weighted by Crippen LogP contribution is -2.26. The molecule has 112 valence electrons. The van der Waals surface area contributed by atoms with Crippen LogP contribution in [0.2, 0.25) is 0 Å². The van der Waals surface area contributed by atoms with E-state index in [0.29, 0.717) is 24.7 Å². The second kappa shape index (κ2) is 6.52. The van der Waals surface area contributed by atoms with Gasteiger partial charge in [0.2, 0.25) is 0 Å². The Bertz CT molecular complexity index is 631. The lowest BCUT2D eigenvalue weighted by Gasteiger charge is -2.08. The number of nitrogens with one attached hydrogen (secondary N) is 1. The number of amides is 1. The predicted octanol–water partition coefficient (Wildman–Crippen LogP) is 2.66. The molecule has 0 aliphatic rings. The average molecular weight is 286 g/mol. The van der Waals surface area contributed by atoms with Crippen LogP contribution in [0.1, 0.15) is 54.0 Å². The van der Waals surface area contributed by atoms with Crippen molar-refractivity contribution < 1.29 is 4.79 Å². The molecule has 2 heterocycles. The van der Waals surface area contributed by atoms with Crippen molar-refractivity contribution in [1.82, 2.24) is 20.1 Å². The SMILES string of the molecule is CCn1nc(C(C)C)cc1C(=O)NCc1ccncc1C. The van der Waals surface area contributed by atoms with E-state index in [0.717, 1.165) is 16.8 Å². The zero-order chi connectivity index (χ0) is 15.4. The number of nitrogens with zero attached hydrogens (tertiary/aromatic N) is 3. The molecule has 0 bridgehead atoms. The van der Waals surface area contributed by atoms with Crippen molar-refractivity contribution >= 4 is 5.91 Å². The summed E-state index contributed by atoms with van der Waals surface area (Å²) < 4.78 is 1.75. The van der Waals surface area contributed by atoms with Crippen LogP contribution in [0.3, 0.4) is 0 Å². The van der Waals surface area contributed by atoms with E-state index in [1.165, 1.54) is 0 Å². The van der Waals surface area contributed by atoms with E-state index < -0.39 is 0 Å². The molecule has 21 heavy (non-hydrogen) atoms. The van der Waals surface area contributed by atoms with Gasteiger partial charge in [-0.05, 0) is 43.0 Å². The molecule has 0 atom stereocenters. The summed E-state index contributed by atoms with van der Waals surface area (Å²) in [5, 5.41) is 7.42. The molecule has 2 aromatic rings. The average Bonchev–Trinajstić information content (AvgIpc) is 2.90. The van der Waals surface area contributed by atoms with Crippen molar-refractivity contribution in [3.8, 4) is 0 Å². The second-order valence-electron chi connectivity index (χ2n) is 5.41. The van der Waals surface area contributed by atoms with Gasteiger partial charge in [0, 0.05) is 25.5 Å². The van der Waals surface area contributed by atoms with Crippen LogP contribution in [-0.2, 0) is 13.1 Å². The normalized spacial score (nSPS) is 10.9. The van der Waals surface area contributed by atoms with Crippen molar-refractivity contribution in [3.05, 3.63) is 47.0 Å². The zero-order valence-electron chi connectivity index (χ0n) is 13.1. The highest BCUT2D eigenvalue weighted by atomic mass is 16.2. The summed E-state index contributed by atoms with van der Waals surface area (Å²) in [6.07, 6.45) is 3.54. The Hall–Kier alpha value is -2.17. The first kappa shape index (κ1) is 15.2. The molecule has 1 amide bonds. The van der Waals surface area contributed by atoms with Crippen molar-refractivity contribution in [3.63, 3.8) is 0 Å². The van der Waals surface area contributed by atoms with E-state index in [9.17, 15) is 4.79 Å². The first-order valence-electron chi connectivity index (χ1n) is 7.28. The minimum Gasteiger partial charge on any atom is -0.347 e. The minimum absolute atomic E-state index is 0.0903. The monoisotopic (exact) mass is 286 g/mol. The van der Waals surface area contributed by atoms with Gasteiger partial charge in [0.25, 0.3) is 5.91 Å². The summed E-state index contributed by atoms with van der Waals surface area (Å²) in [6.45, 7) is 9.31. The molecule has 1 N–H and O–H groups in total. The quantitative estimate of drug-likeness (QED) is 0.919. The summed E-state index contributed by atoms with van der Waals surface area (Å²) >= 11 is 0. The molecule has 0 aliphatic carbocycles. The Kier molecular flexibility index (Phi) is 4.73. The third-order valence-corrected chi connectivity index (χ3v) is 3.50. The van der Waals surface area contributed by atoms with Crippen LogP contribution in [0, 0.1) is 6.92 Å². The van der Waals surface area contributed by atoms with Gasteiger partial charge in [0.05, 0.1) is 5.69 Å². The summed E-state index contributed by atoms with van der Waals surface area (Å²) in [5.41, 5.74) is 3.71. The third kappa shape index (κ3) is 3.48. The van der Waals surface area contributed by atoms with E-state index in [-0.39, 0.29) is 5.91 Å². The second-order valence-corrected chi connectivity index (χ2v) is 5.41. The molecule has 2 aromatic heterocycles. The molecule has 0 aromatic carbocycles. The van der Waals surface area contributed by atoms with E-state index in [1.807, 2.05) is 26.0 Å². The van der Waals surface area contributed by atoms with Gasteiger partial charge in [-0.15, -0.1) is 0 Å². The number of hydrogen-bond acceptors (Lipinski definition) is 3. The Balaban J connectivity index is 2.12. The largest absolute Gasteiger partial charge is 0.347 e. The lowest BCUT2D eigenvalue weighted by atomic mass is 10.1. The summed E-state index contributed by atoms with van der Waals surface area (Å²) in [4.78, 5) is 16.4. The Morgan fingerprint density at radius 3 is 2.81 bits per heavy atom. The topological polar surface area (TPSA) is 59.8 Å². The fourth-order valence-corrected chi connectivity index (χ4v) is 2.11. The first-order chi connectivity index (χ1) is 10.0. The van der Waals surface area contributed by atoms with E-state index >= 15 is 0 Å². The Morgan fingerprint density at radius 2 is 2.19 bits per heavy atom. The number of carbonyl (C=O) groups is 1. The molecular formula is C16H22N4O. The number of carbonyl (C=O) groups excluding carboxylic acids is 1. The van der Waals surface area contributed by atoms with Gasteiger partial charge in [-0.2, -0.15) is 5.10 Å². The predicted molar refractivity (Wildman–Crippen MR) is 82.1 cm³/mol. The van der Waals surface area contributed by atoms with Gasteiger partial charge in [-0.25, -0.2) is 0 Å². The first-order valence-corrected chi connectivity index (χ1v) is 7.28. The highest BCUT2D eigenvalue weighted by Gasteiger charge is 2.16. The van der Waals surface area contributed by atoms with Gasteiger partial charge in [0.15, 0.2) is 0 Å². The van der Waals surface area contributed by atoms with Crippen molar-refractivity contribution in [1.29, 1.82) is 0 Å². The van der Waals surface area contributed by atoms with Crippen LogP contribution < -0.4 is 5.32 Å². The molecule has 0 saturated carbocycles. The zero-order valence-corrected chi connectivity index (χ0v) is 13.1. The number of aromatic nitrogens is 3. The summed E-state index contributed by atoms with van der Waals surface area (Å²) in [5.74, 6) is 0.222. The molecule has 5 heteroatoms. The van der Waals surface area contributed by atoms with Gasteiger partial charge < -0.3 is 5.32 Å². The molecular weight excluding hydrogens is 264 g/mol. The van der Waals surface area contributed by atoms with E-state index in [2.05, 4.69) is 29.2 Å². The fourth-order valence-electron chi connectivity index (χ4n) is 2.11. The van der Waals surface area contributed by atoms with Gasteiger partial charge in [-0.1, -0.05) is 13.8 Å². The maximum absolute atomic E-state index is 12.4. The molecule has 0 unspecified atom stereocenters. The Morgan fingerprint density at radius 1 is 1.43 bits per heavy atom. The number of pyridine rings is 1. The van der Waals surface area contributed by atoms with Crippen LogP contribution in [-0.4, -0.2) is 20.7 Å². The van der Waals surface area contributed by atoms with Crippen LogP contribution in [0.15, 0.2) is 24.5 Å². The van der Waals surface area contributed by atoms with E-state index in [1.54, 1.807) is 17.1 Å². The maximum Gasteiger partial charge on any atom is 0.269 e. The highest BCUT2D eigenvalue weighted by molar-refractivity contribution is 5.92. The summed E-state index contributed by atoms with van der Waals surface area (Å²) in [6, 6.07) is 3.80. The van der Waals surface area contributed by atoms with Crippen molar-refractivity contribution in [2.45, 2.75) is 46.7 Å². The molecule has 0 aliphatic heterocycles. The molecule has 5 nitrogen and oxygen atoms in total. The van der Waals surface area contributed by atoms with Crippen LogP contribution in [0.4, 0.5) is 0 Å². The van der Waals surface area contributed by atoms with Crippen molar-refractivity contribution in [2.75, 3.05) is 0 Å². The summed E-state index contributed by atoms with van der Waals surface area (Å²) in [7, 11) is 0. The van der Waals surface area contributed by atoms with E-state index in [4.69, 9.17) is 0 Å². The molecule has 0 fully saturated rings. The van der Waals surface area contributed by atoms with Gasteiger partial charge in [0.1, 0.15) is 5.69 Å².